The molecule has 1 unspecified atom stereocenters. The average molecular weight is 278 g/mol. The Morgan fingerprint density at radius 1 is 1.35 bits per heavy atom. The molecule has 1 aromatic heterocycles. The van der Waals surface area contributed by atoms with Crippen molar-refractivity contribution >= 4 is 0 Å². The predicted molar refractivity (Wildman–Crippen MR) is 83.9 cm³/mol. The van der Waals surface area contributed by atoms with E-state index in [1.54, 1.807) is 0 Å². The van der Waals surface area contributed by atoms with Gasteiger partial charge < -0.3 is 5.32 Å². The van der Waals surface area contributed by atoms with Gasteiger partial charge in [0.25, 0.3) is 0 Å². The smallest absolute Gasteiger partial charge is 0.0641 e. The third-order valence-electron chi connectivity index (χ3n) is 4.62. The zero-order valence-electron chi connectivity index (χ0n) is 13.7. The van der Waals surface area contributed by atoms with Gasteiger partial charge in [-0.1, -0.05) is 6.42 Å². The topological polar surface area (TPSA) is 33.1 Å². The molecule has 20 heavy (non-hydrogen) atoms. The lowest BCUT2D eigenvalue weighted by Crippen LogP contribution is -2.45. The van der Waals surface area contributed by atoms with Crippen molar-refractivity contribution in [2.45, 2.75) is 65.6 Å². The van der Waals surface area contributed by atoms with Crippen molar-refractivity contribution in [3.8, 4) is 0 Å². The normalized spacial score (nSPS) is 20.1. The number of aryl methyl sites for hydroxylation is 2. The van der Waals surface area contributed by atoms with Gasteiger partial charge in [-0.25, -0.2) is 0 Å². The Kier molecular flexibility index (Phi) is 5.22. The third kappa shape index (κ3) is 3.61. The van der Waals surface area contributed by atoms with Gasteiger partial charge in [-0.2, -0.15) is 5.10 Å². The van der Waals surface area contributed by atoms with E-state index in [4.69, 9.17) is 0 Å². The van der Waals surface area contributed by atoms with Crippen molar-refractivity contribution in [3.05, 3.63) is 17.0 Å². The molecule has 114 valence electrons. The predicted octanol–water partition coefficient (Wildman–Crippen LogP) is 2.39. The van der Waals surface area contributed by atoms with Crippen LogP contribution in [0.25, 0.3) is 0 Å². The molecule has 2 rings (SSSR count). The summed E-state index contributed by atoms with van der Waals surface area (Å²) in [5, 5.41) is 8.21. The molecule has 4 heteroatoms. The summed E-state index contributed by atoms with van der Waals surface area (Å²) < 4.78 is 2.00. The highest BCUT2D eigenvalue weighted by atomic mass is 15.3. The van der Waals surface area contributed by atoms with E-state index in [0.29, 0.717) is 12.1 Å². The Labute approximate surface area is 123 Å². The summed E-state index contributed by atoms with van der Waals surface area (Å²) in [7, 11) is 2.04. The van der Waals surface area contributed by atoms with Crippen LogP contribution in [0.4, 0.5) is 0 Å². The van der Waals surface area contributed by atoms with Crippen molar-refractivity contribution < 1.29 is 0 Å². The van der Waals surface area contributed by atoms with Crippen LogP contribution in [0, 0.1) is 13.8 Å². The number of hydrogen-bond donors (Lipinski definition) is 1. The van der Waals surface area contributed by atoms with Crippen molar-refractivity contribution in [2.24, 2.45) is 7.05 Å². The van der Waals surface area contributed by atoms with Crippen LogP contribution >= 0.6 is 0 Å². The van der Waals surface area contributed by atoms with Crippen LogP contribution in [0.5, 0.6) is 0 Å². The van der Waals surface area contributed by atoms with Crippen LogP contribution in [0.1, 0.15) is 50.1 Å². The Balaban J connectivity index is 2.05. The molecule has 0 amide bonds. The molecule has 0 bridgehead atoms. The molecule has 1 saturated heterocycles. The number of nitrogens with one attached hydrogen (secondary N) is 1. The Morgan fingerprint density at radius 3 is 2.60 bits per heavy atom. The summed E-state index contributed by atoms with van der Waals surface area (Å²) in [5.74, 6) is 0. The van der Waals surface area contributed by atoms with Crippen molar-refractivity contribution in [1.82, 2.24) is 20.0 Å². The minimum absolute atomic E-state index is 0.567. The van der Waals surface area contributed by atoms with E-state index in [-0.39, 0.29) is 0 Å². The molecule has 1 fully saturated rings. The second kappa shape index (κ2) is 6.72. The minimum Gasteiger partial charge on any atom is -0.313 e. The standard InChI is InChI=1S/C16H30N4/c1-12(2)20(10-15-8-6-7-9-17-15)11-16-13(3)18-19(5)14(16)4/h12,15,17H,6-11H2,1-5H3. The number of nitrogens with zero attached hydrogens (tertiary/aromatic N) is 3. The summed E-state index contributed by atoms with van der Waals surface area (Å²) in [6.07, 6.45) is 4.02. The molecule has 0 aliphatic carbocycles. The molecule has 0 saturated carbocycles. The first-order valence-corrected chi connectivity index (χ1v) is 7.95. The fourth-order valence-corrected chi connectivity index (χ4v) is 3.07. The Hall–Kier alpha value is -0.870. The first-order valence-electron chi connectivity index (χ1n) is 7.95. The van der Waals surface area contributed by atoms with E-state index < -0.39 is 0 Å². The number of aromatic nitrogens is 2. The van der Waals surface area contributed by atoms with Crippen molar-refractivity contribution in [3.63, 3.8) is 0 Å². The SMILES string of the molecule is Cc1nn(C)c(C)c1CN(CC1CCCCN1)C(C)C. The maximum atomic E-state index is 4.54. The van der Waals surface area contributed by atoms with E-state index >= 15 is 0 Å². The molecule has 0 spiro atoms. The molecule has 1 aromatic rings. The molecule has 0 radical (unpaired) electrons. The second-order valence-electron chi connectivity index (χ2n) is 6.44. The molecule has 1 N–H and O–H groups in total. The van der Waals surface area contributed by atoms with E-state index in [9.17, 15) is 0 Å². The summed E-state index contributed by atoms with van der Waals surface area (Å²) in [6.45, 7) is 12.2. The summed E-state index contributed by atoms with van der Waals surface area (Å²) in [4.78, 5) is 2.58. The number of rotatable bonds is 5. The highest BCUT2D eigenvalue weighted by molar-refractivity contribution is 5.24. The molecule has 1 atom stereocenters. The van der Waals surface area contributed by atoms with E-state index in [1.807, 2.05) is 11.7 Å². The van der Waals surface area contributed by atoms with Crippen LogP contribution in [-0.2, 0) is 13.6 Å². The largest absolute Gasteiger partial charge is 0.313 e. The quantitative estimate of drug-likeness (QED) is 0.898. The van der Waals surface area contributed by atoms with Gasteiger partial charge in [0.1, 0.15) is 0 Å². The second-order valence-corrected chi connectivity index (χ2v) is 6.44. The minimum atomic E-state index is 0.567. The Morgan fingerprint density at radius 2 is 2.10 bits per heavy atom. The maximum Gasteiger partial charge on any atom is 0.0641 e. The molecule has 0 aromatic carbocycles. The van der Waals surface area contributed by atoms with E-state index in [0.717, 1.165) is 13.1 Å². The monoisotopic (exact) mass is 278 g/mol. The number of piperidine rings is 1. The zero-order valence-corrected chi connectivity index (χ0v) is 13.7. The highest BCUT2D eigenvalue weighted by Crippen LogP contribution is 2.18. The summed E-state index contributed by atoms with van der Waals surface area (Å²) in [6, 6.07) is 1.22. The molecule has 1 aliphatic rings. The van der Waals surface area contributed by atoms with Gasteiger partial charge in [0.15, 0.2) is 0 Å². The lowest BCUT2D eigenvalue weighted by molar-refractivity contribution is 0.176. The molecule has 2 heterocycles. The van der Waals surface area contributed by atoms with Gasteiger partial charge >= 0.3 is 0 Å². The van der Waals surface area contributed by atoms with Crippen molar-refractivity contribution in [1.29, 1.82) is 0 Å². The third-order valence-corrected chi connectivity index (χ3v) is 4.62. The zero-order chi connectivity index (χ0) is 14.7. The van der Waals surface area contributed by atoms with Gasteiger partial charge in [0.05, 0.1) is 5.69 Å². The first-order chi connectivity index (χ1) is 9.49. The van der Waals surface area contributed by atoms with Crippen LogP contribution < -0.4 is 5.32 Å². The van der Waals surface area contributed by atoms with Crippen LogP contribution in [0.2, 0.25) is 0 Å². The first kappa shape index (κ1) is 15.5. The molecular weight excluding hydrogens is 248 g/mol. The van der Waals surface area contributed by atoms with E-state index in [1.165, 1.54) is 42.8 Å². The van der Waals surface area contributed by atoms with Gasteiger partial charge in [0, 0.05) is 43.5 Å². The van der Waals surface area contributed by atoms with Crippen LogP contribution in [-0.4, -0.2) is 39.9 Å². The van der Waals surface area contributed by atoms with Crippen LogP contribution in [0.15, 0.2) is 0 Å². The highest BCUT2D eigenvalue weighted by Gasteiger charge is 2.21. The van der Waals surface area contributed by atoms with E-state index in [2.05, 4.69) is 43.0 Å². The maximum absolute atomic E-state index is 4.54. The van der Waals surface area contributed by atoms with Gasteiger partial charge in [-0.15, -0.1) is 0 Å². The molecule has 4 nitrogen and oxygen atoms in total. The number of hydrogen-bond acceptors (Lipinski definition) is 3. The Bertz CT molecular complexity index is 430. The lowest BCUT2D eigenvalue weighted by Gasteiger charge is -2.33. The summed E-state index contributed by atoms with van der Waals surface area (Å²) >= 11 is 0. The fourth-order valence-electron chi connectivity index (χ4n) is 3.07. The van der Waals surface area contributed by atoms with Gasteiger partial charge in [-0.3, -0.25) is 9.58 Å². The summed E-state index contributed by atoms with van der Waals surface area (Å²) in [5.41, 5.74) is 3.87. The van der Waals surface area contributed by atoms with Crippen molar-refractivity contribution in [2.75, 3.05) is 13.1 Å². The average Bonchev–Trinajstić information content (AvgIpc) is 2.65. The molecule has 1 aliphatic heterocycles. The van der Waals surface area contributed by atoms with Gasteiger partial charge in [-0.05, 0) is 47.1 Å². The fraction of sp³-hybridized carbons (Fsp3) is 0.812. The van der Waals surface area contributed by atoms with Crippen LogP contribution in [0.3, 0.4) is 0 Å². The lowest BCUT2D eigenvalue weighted by atomic mass is 10.0. The molecular formula is C16H30N4. The van der Waals surface area contributed by atoms with Gasteiger partial charge in [0.2, 0.25) is 0 Å².